The average molecular weight is 1190 g/mol. The quantitative estimate of drug-likeness (QED) is 0.0387. The molecule has 0 amide bonds. The highest BCUT2D eigenvalue weighted by molar-refractivity contribution is 7.86. The van der Waals surface area contributed by atoms with E-state index in [1.165, 1.54) is 12.1 Å². The molecular formula is C56H87N2O21S2+. The Bertz CT molecular complexity index is 2520. The number of unbranched alkanes of at least 4 members (excludes halogenated alkanes) is 2. The summed E-state index contributed by atoms with van der Waals surface area (Å²) in [6, 6.07) is 12.1. The van der Waals surface area contributed by atoms with Crippen LogP contribution in [0.4, 0.5) is 5.69 Å². The molecule has 0 fully saturated rings. The van der Waals surface area contributed by atoms with Crippen LogP contribution in [-0.4, -0.2) is 222 Å². The van der Waals surface area contributed by atoms with Gasteiger partial charge in [0.1, 0.15) is 19.0 Å². The van der Waals surface area contributed by atoms with Crippen molar-refractivity contribution in [2.75, 3.05) is 190 Å². The maximum atomic E-state index is 12.4. The van der Waals surface area contributed by atoms with Crippen molar-refractivity contribution in [3.63, 3.8) is 0 Å². The Balaban J connectivity index is 1.44. The zero-order valence-corrected chi connectivity index (χ0v) is 49.0. The second kappa shape index (κ2) is 40.1. The summed E-state index contributed by atoms with van der Waals surface area (Å²) in [5.41, 5.74) is 2.63. The third kappa shape index (κ3) is 27.8. The molecule has 0 aromatic heterocycles. The Morgan fingerprint density at radius 1 is 0.617 bits per heavy atom. The van der Waals surface area contributed by atoms with Crippen LogP contribution < -0.4 is 14.8 Å². The Kier molecular flexibility index (Phi) is 34.3. The second-order valence-electron chi connectivity index (χ2n) is 18.8. The molecule has 23 nitrogen and oxygen atoms in total. The molecule has 1 atom stereocenters. The Morgan fingerprint density at radius 3 is 1.58 bits per heavy atom. The molecule has 2 heterocycles. The topological polar surface area (TPSA) is 276 Å². The van der Waals surface area contributed by atoms with Gasteiger partial charge in [0, 0.05) is 55.6 Å². The number of rotatable bonds is 49. The number of benzene rings is 2. The van der Waals surface area contributed by atoms with Crippen LogP contribution in [0.5, 0.6) is 0 Å². The summed E-state index contributed by atoms with van der Waals surface area (Å²) in [6.07, 6.45) is 9.22. The minimum atomic E-state index is -4.60. The number of nitrogens with zero attached hydrogens (tertiary/aromatic N) is 2. The van der Waals surface area contributed by atoms with E-state index in [-0.39, 0.29) is 24.2 Å². The molecule has 1 aliphatic carbocycles. The molecule has 25 heteroatoms. The highest BCUT2D eigenvalue weighted by atomic mass is 32.2. The fraction of sp³-hybridized carbons (Fsp3) is 0.643. The molecule has 0 radical (unpaired) electrons. The van der Waals surface area contributed by atoms with E-state index >= 15 is 0 Å². The van der Waals surface area contributed by atoms with Gasteiger partial charge < -0.3 is 71.3 Å². The van der Waals surface area contributed by atoms with Crippen LogP contribution in [-0.2, 0) is 87.3 Å². The van der Waals surface area contributed by atoms with Crippen molar-refractivity contribution in [1.29, 1.82) is 0 Å². The first-order valence-corrected chi connectivity index (χ1v) is 30.5. The van der Waals surface area contributed by atoms with Crippen LogP contribution in [0.3, 0.4) is 0 Å². The maximum Gasteiger partial charge on any atom is 0.303 e. The number of hydrogen-bond acceptors (Lipinski definition) is 19. The van der Waals surface area contributed by atoms with Gasteiger partial charge in [-0.15, -0.1) is 0 Å². The smallest absolute Gasteiger partial charge is 0.303 e. The van der Waals surface area contributed by atoms with Gasteiger partial charge in [-0.2, -0.15) is 16.8 Å². The predicted molar refractivity (Wildman–Crippen MR) is 302 cm³/mol. The van der Waals surface area contributed by atoms with Crippen molar-refractivity contribution in [3.8, 4) is 11.3 Å². The van der Waals surface area contributed by atoms with Crippen molar-refractivity contribution < 1.29 is 97.1 Å². The number of ether oxygens (including phenoxy) is 12. The summed E-state index contributed by atoms with van der Waals surface area (Å²) in [7, 11) is -5.65. The molecule has 4 rings (SSSR count). The van der Waals surface area contributed by atoms with Crippen molar-refractivity contribution in [2.45, 2.75) is 55.8 Å². The van der Waals surface area contributed by atoms with E-state index in [9.17, 15) is 35.8 Å². The van der Waals surface area contributed by atoms with E-state index in [1.807, 2.05) is 54.3 Å². The summed E-state index contributed by atoms with van der Waals surface area (Å²) < 4.78 is 143. The first-order chi connectivity index (χ1) is 39.2. The summed E-state index contributed by atoms with van der Waals surface area (Å²) in [5.74, 6) is -0.789. The molecule has 81 heavy (non-hydrogen) atoms. The number of hydrogen-bond donors (Lipinski definition) is 3. The van der Waals surface area contributed by atoms with Gasteiger partial charge in [0.25, 0.3) is 20.2 Å². The molecule has 0 bridgehead atoms. The first-order valence-electron chi connectivity index (χ1n) is 27.5. The highest BCUT2D eigenvalue weighted by Gasteiger charge is 2.43. The molecule has 1 aromatic carbocycles. The Hall–Kier alpha value is -4.26. The monoisotopic (exact) mass is 1190 g/mol. The van der Waals surface area contributed by atoms with Crippen molar-refractivity contribution in [2.24, 2.45) is 0 Å². The van der Waals surface area contributed by atoms with Crippen LogP contribution in [0.15, 0.2) is 75.9 Å². The predicted octanol–water partition coefficient (Wildman–Crippen LogP) is 4.85. The molecule has 458 valence electrons. The van der Waals surface area contributed by atoms with Gasteiger partial charge >= 0.3 is 5.97 Å². The number of carboxylic acids is 1. The number of methoxy groups -OCH3 is 2. The van der Waals surface area contributed by atoms with E-state index in [2.05, 4.69) is 4.58 Å². The fourth-order valence-electron chi connectivity index (χ4n) is 8.70. The maximum absolute atomic E-state index is 12.4. The van der Waals surface area contributed by atoms with Gasteiger partial charge in [-0.1, -0.05) is 18.6 Å². The molecule has 3 N–H and O–H groups in total. The van der Waals surface area contributed by atoms with E-state index in [0.29, 0.717) is 201 Å². The minimum absolute atomic E-state index is 0.0202. The van der Waals surface area contributed by atoms with Crippen LogP contribution in [0, 0.1) is 0 Å². The minimum Gasteiger partial charge on any atom is -0.481 e. The standard InChI is InChI=1S/C56H86N2O21S2/c1-56(17-8-44-80(61,62)63)51-46-49(81(64,65)66)13-15-52(51)58(18-6-4-5-11-55(59)60)54(56)10-7-9-47-16-21-79-53-45-48(12-14-50(47)53)57(19-22-69-28-30-73-36-38-77-42-40-75-34-32-71-26-24-67-2)20-23-70-29-31-74-37-39-78-43-41-76-35-33-72-27-25-68-3/h7,9-10,12-16,21,45-46H,4-6,8,11,17-20,22-44H2,1-3H3,(H2-,59,60,61,62,63,64,65,66)/p+1. The molecule has 0 saturated carbocycles. The molecular weight excluding hydrogens is 1100 g/mol. The number of allylic oxidation sites excluding steroid dienone is 3. The number of carboxylic acid groups (broad SMARTS) is 1. The fourth-order valence-corrected chi connectivity index (χ4v) is 9.71. The Morgan fingerprint density at radius 2 is 1.11 bits per heavy atom. The van der Waals surface area contributed by atoms with E-state index in [0.717, 1.165) is 22.2 Å². The van der Waals surface area contributed by atoms with Gasteiger partial charge in [-0.3, -0.25) is 13.9 Å². The summed E-state index contributed by atoms with van der Waals surface area (Å²) in [6.45, 7) is 13.5. The third-order valence-corrected chi connectivity index (χ3v) is 14.5. The van der Waals surface area contributed by atoms with Gasteiger partial charge in [-0.05, 0) is 80.1 Å². The van der Waals surface area contributed by atoms with Crippen LogP contribution in [0.2, 0.25) is 0 Å². The molecule has 1 unspecified atom stereocenters. The number of carbonyl (C=O) groups is 1. The second-order valence-corrected chi connectivity index (χ2v) is 21.8. The van der Waals surface area contributed by atoms with Gasteiger partial charge in [0.2, 0.25) is 5.36 Å². The zero-order chi connectivity index (χ0) is 58.4. The average Bonchev–Trinajstić information content (AvgIpc) is 3.94. The lowest BCUT2D eigenvalue weighted by atomic mass is 9.77. The van der Waals surface area contributed by atoms with Gasteiger partial charge in [-0.25, -0.2) is 4.58 Å². The normalized spacial score (nSPS) is 15.2. The SMILES string of the molecule is COCCOCCOCCOCCOCCOCC[N+](CCOCCOCCOCCOCCOCCOC)=c1ccc2c(C=CC=C3N(CCCCCC(=O)O)c4ccc(S(=O)(=O)O)cc4C3(C)CCCS(=O)(=O)O)ccoc-2c1. The van der Waals surface area contributed by atoms with Crippen LogP contribution in [0.1, 0.15) is 56.6 Å². The van der Waals surface area contributed by atoms with Crippen molar-refractivity contribution in [3.05, 3.63) is 83.1 Å². The Labute approximate surface area is 477 Å². The van der Waals surface area contributed by atoms with Crippen LogP contribution in [0.25, 0.3) is 17.4 Å². The third-order valence-electron chi connectivity index (χ3n) is 12.8. The first kappa shape index (κ1) is 69.2. The van der Waals surface area contributed by atoms with Gasteiger partial charge in [0.15, 0.2) is 13.1 Å². The molecule has 2 aliphatic heterocycles. The molecule has 0 spiro atoms. The lowest BCUT2D eigenvalue weighted by Gasteiger charge is -2.30. The summed E-state index contributed by atoms with van der Waals surface area (Å²) in [4.78, 5) is 13.0. The number of fused-ring (bicyclic) bond motifs is 2. The van der Waals surface area contributed by atoms with Gasteiger partial charge in [0.05, 0.1) is 155 Å². The van der Waals surface area contributed by atoms with Crippen molar-refractivity contribution >= 4 is 38.0 Å². The highest BCUT2D eigenvalue weighted by Crippen LogP contribution is 2.51. The number of aliphatic carboxylic acids is 1. The zero-order valence-electron chi connectivity index (χ0n) is 47.4. The largest absolute Gasteiger partial charge is 0.481 e. The summed E-state index contributed by atoms with van der Waals surface area (Å²) >= 11 is 0. The van der Waals surface area contributed by atoms with E-state index in [4.69, 9.17) is 61.3 Å². The van der Waals surface area contributed by atoms with Crippen molar-refractivity contribution in [1.82, 2.24) is 4.58 Å². The lowest BCUT2D eigenvalue weighted by Crippen LogP contribution is -2.36. The van der Waals surface area contributed by atoms with Crippen LogP contribution >= 0.6 is 0 Å². The summed E-state index contributed by atoms with van der Waals surface area (Å²) in [5, 5.41) is 10.1. The molecule has 3 aliphatic rings. The lowest BCUT2D eigenvalue weighted by molar-refractivity contribution is -0.137. The number of anilines is 1. The molecule has 1 aromatic rings. The van der Waals surface area contributed by atoms with E-state index < -0.39 is 37.4 Å². The molecule has 0 saturated heterocycles. The van der Waals surface area contributed by atoms with E-state index in [1.54, 1.807) is 26.5 Å².